The van der Waals surface area contributed by atoms with E-state index in [0.29, 0.717) is 18.8 Å². The van der Waals surface area contributed by atoms with Crippen molar-refractivity contribution in [3.8, 4) is 0 Å². The zero-order valence-electron chi connectivity index (χ0n) is 11.5. The van der Waals surface area contributed by atoms with Crippen LogP contribution in [0.25, 0.3) is 0 Å². The van der Waals surface area contributed by atoms with Crippen LogP contribution in [0.15, 0.2) is 10.9 Å². The number of hydrogen-bond acceptors (Lipinski definition) is 4. The number of likely N-dealkylation sites (tertiary alicyclic amines) is 1. The molecule has 0 N–H and O–H groups in total. The molecule has 0 aromatic carbocycles. The third kappa shape index (κ3) is 2.78. The van der Waals surface area contributed by atoms with Crippen LogP contribution in [0.2, 0.25) is 0 Å². The van der Waals surface area contributed by atoms with Gasteiger partial charge in [-0.25, -0.2) is 4.98 Å². The molecule has 1 aliphatic heterocycles. The number of amides is 2. The van der Waals surface area contributed by atoms with Crippen LogP contribution in [-0.4, -0.2) is 53.8 Å². The molecule has 0 aliphatic carbocycles. The van der Waals surface area contributed by atoms with Gasteiger partial charge in [-0.05, 0) is 19.8 Å². The van der Waals surface area contributed by atoms with E-state index in [1.54, 1.807) is 34.8 Å². The van der Waals surface area contributed by atoms with Gasteiger partial charge in [0.25, 0.3) is 5.91 Å². The number of aromatic nitrogens is 1. The Morgan fingerprint density at radius 1 is 1.47 bits per heavy atom. The second-order valence-corrected chi connectivity index (χ2v) is 6.18. The molecule has 1 aliphatic rings. The average Bonchev–Trinajstić information content (AvgIpc) is 2.90. The van der Waals surface area contributed by atoms with Crippen molar-refractivity contribution in [2.24, 2.45) is 5.41 Å². The first-order valence-electron chi connectivity index (χ1n) is 6.33. The molecule has 6 heteroatoms. The molecule has 2 rings (SSSR count). The Balaban J connectivity index is 2.13. The number of carbonyl (C=O) groups is 2. The van der Waals surface area contributed by atoms with E-state index in [-0.39, 0.29) is 11.8 Å². The molecule has 0 bridgehead atoms. The summed E-state index contributed by atoms with van der Waals surface area (Å²) in [6.45, 7) is 3.11. The summed E-state index contributed by atoms with van der Waals surface area (Å²) in [5.41, 5.74) is 1.65. The minimum atomic E-state index is -0.479. The molecule has 1 aromatic heterocycles. The van der Waals surface area contributed by atoms with Crippen molar-refractivity contribution >= 4 is 23.2 Å². The third-order valence-electron chi connectivity index (χ3n) is 3.56. The van der Waals surface area contributed by atoms with Crippen molar-refractivity contribution in [1.29, 1.82) is 0 Å². The van der Waals surface area contributed by atoms with E-state index < -0.39 is 5.41 Å². The summed E-state index contributed by atoms with van der Waals surface area (Å²) >= 11 is 1.41. The quantitative estimate of drug-likeness (QED) is 0.825. The van der Waals surface area contributed by atoms with Crippen LogP contribution >= 0.6 is 11.3 Å². The first-order chi connectivity index (χ1) is 8.94. The maximum atomic E-state index is 12.3. The number of carbonyl (C=O) groups excluding carboxylic acids is 2. The van der Waals surface area contributed by atoms with Gasteiger partial charge in [0.1, 0.15) is 5.69 Å². The molecule has 19 heavy (non-hydrogen) atoms. The largest absolute Gasteiger partial charge is 0.348 e. The maximum absolute atomic E-state index is 12.3. The second kappa shape index (κ2) is 5.28. The van der Waals surface area contributed by atoms with Crippen LogP contribution < -0.4 is 0 Å². The maximum Gasteiger partial charge on any atom is 0.273 e. The van der Waals surface area contributed by atoms with Crippen molar-refractivity contribution in [3.05, 3.63) is 16.6 Å². The first-order valence-corrected chi connectivity index (χ1v) is 7.27. The molecule has 0 unspecified atom stereocenters. The van der Waals surface area contributed by atoms with E-state index in [2.05, 4.69) is 4.98 Å². The van der Waals surface area contributed by atoms with Crippen LogP contribution in [-0.2, 0) is 4.79 Å². The highest BCUT2D eigenvalue weighted by Crippen LogP contribution is 2.31. The standard InChI is InChI=1S/C13H19N3O2S/c1-13(12(18)15(2)3)5-4-6-16(8-13)11(17)10-7-19-9-14-10/h7,9H,4-6,8H2,1-3H3/t13-/m1/s1. The van der Waals surface area contributed by atoms with Crippen molar-refractivity contribution in [2.75, 3.05) is 27.2 Å². The number of hydrogen-bond donors (Lipinski definition) is 0. The molecule has 1 atom stereocenters. The van der Waals surface area contributed by atoms with Gasteiger partial charge in [-0.2, -0.15) is 0 Å². The Morgan fingerprint density at radius 2 is 2.21 bits per heavy atom. The van der Waals surface area contributed by atoms with Gasteiger partial charge >= 0.3 is 0 Å². The van der Waals surface area contributed by atoms with Crippen molar-refractivity contribution < 1.29 is 9.59 Å². The normalized spacial score (nSPS) is 23.2. The highest BCUT2D eigenvalue weighted by Gasteiger charge is 2.40. The fraction of sp³-hybridized carbons (Fsp3) is 0.615. The summed E-state index contributed by atoms with van der Waals surface area (Å²) in [5.74, 6) is 0.0157. The van der Waals surface area contributed by atoms with Gasteiger partial charge in [0, 0.05) is 32.6 Å². The van der Waals surface area contributed by atoms with E-state index in [4.69, 9.17) is 0 Å². The predicted molar refractivity (Wildman–Crippen MR) is 74.1 cm³/mol. The SMILES string of the molecule is CN(C)C(=O)[C@]1(C)CCCN(C(=O)c2cscn2)C1. The molecule has 2 heterocycles. The van der Waals surface area contributed by atoms with Crippen molar-refractivity contribution in [1.82, 2.24) is 14.8 Å². The minimum absolute atomic E-state index is 0.0706. The van der Waals surface area contributed by atoms with E-state index in [1.165, 1.54) is 11.3 Å². The molecular weight excluding hydrogens is 262 g/mol. The van der Waals surface area contributed by atoms with Gasteiger partial charge in [-0.3, -0.25) is 9.59 Å². The molecule has 0 saturated carbocycles. The molecule has 104 valence electrons. The summed E-state index contributed by atoms with van der Waals surface area (Å²) in [6.07, 6.45) is 1.68. The van der Waals surface area contributed by atoms with Gasteiger partial charge in [0.15, 0.2) is 0 Å². The van der Waals surface area contributed by atoms with Crippen LogP contribution in [0.4, 0.5) is 0 Å². The lowest BCUT2D eigenvalue weighted by atomic mass is 9.80. The van der Waals surface area contributed by atoms with E-state index in [0.717, 1.165) is 12.8 Å². The zero-order valence-corrected chi connectivity index (χ0v) is 12.4. The predicted octanol–water partition coefficient (Wildman–Crippen LogP) is 1.47. The van der Waals surface area contributed by atoms with Gasteiger partial charge < -0.3 is 9.80 Å². The van der Waals surface area contributed by atoms with Crippen molar-refractivity contribution in [3.63, 3.8) is 0 Å². The number of nitrogens with zero attached hydrogens (tertiary/aromatic N) is 3. The van der Waals surface area contributed by atoms with Crippen LogP contribution in [0.5, 0.6) is 0 Å². The summed E-state index contributed by atoms with van der Waals surface area (Å²) in [5, 5.41) is 1.75. The van der Waals surface area contributed by atoms with Crippen LogP contribution in [0, 0.1) is 5.41 Å². The van der Waals surface area contributed by atoms with Crippen LogP contribution in [0.1, 0.15) is 30.3 Å². The highest BCUT2D eigenvalue weighted by atomic mass is 32.1. The molecule has 1 saturated heterocycles. The minimum Gasteiger partial charge on any atom is -0.348 e. The molecule has 0 radical (unpaired) electrons. The summed E-state index contributed by atoms with van der Waals surface area (Å²) < 4.78 is 0. The third-order valence-corrected chi connectivity index (χ3v) is 4.14. The van der Waals surface area contributed by atoms with E-state index in [1.807, 2.05) is 6.92 Å². The molecule has 1 aromatic rings. The molecule has 0 spiro atoms. The topological polar surface area (TPSA) is 53.5 Å². The second-order valence-electron chi connectivity index (χ2n) is 5.46. The number of rotatable bonds is 2. The lowest BCUT2D eigenvalue weighted by molar-refractivity contribution is -0.141. The molecule has 2 amide bonds. The summed E-state index contributed by atoms with van der Waals surface area (Å²) in [7, 11) is 3.52. The van der Waals surface area contributed by atoms with E-state index in [9.17, 15) is 9.59 Å². The molecule has 5 nitrogen and oxygen atoms in total. The lowest BCUT2D eigenvalue weighted by Crippen LogP contribution is -2.51. The van der Waals surface area contributed by atoms with E-state index >= 15 is 0 Å². The summed E-state index contributed by atoms with van der Waals surface area (Å²) in [6, 6.07) is 0. The van der Waals surface area contributed by atoms with Gasteiger partial charge in [-0.1, -0.05) is 0 Å². The fourth-order valence-electron chi connectivity index (χ4n) is 2.61. The summed E-state index contributed by atoms with van der Waals surface area (Å²) in [4.78, 5) is 31.9. The first kappa shape index (κ1) is 14.0. The van der Waals surface area contributed by atoms with Gasteiger partial charge in [-0.15, -0.1) is 11.3 Å². The Hall–Kier alpha value is -1.43. The Kier molecular flexibility index (Phi) is 3.89. The zero-order chi connectivity index (χ0) is 14.0. The monoisotopic (exact) mass is 281 g/mol. The van der Waals surface area contributed by atoms with Crippen molar-refractivity contribution in [2.45, 2.75) is 19.8 Å². The Labute approximate surface area is 117 Å². The van der Waals surface area contributed by atoms with Gasteiger partial charge in [0.2, 0.25) is 5.91 Å². The number of piperidine rings is 1. The number of thiazole rings is 1. The lowest BCUT2D eigenvalue weighted by Gasteiger charge is -2.40. The highest BCUT2D eigenvalue weighted by molar-refractivity contribution is 7.07. The molecule has 1 fully saturated rings. The average molecular weight is 281 g/mol. The van der Waals surface area contributed by atoms with Crippen LogP contribution in [0.3, 0.4) is 0 Å². The fourth-order valence-corrected chi connectivity index (χ4v) is 3.13. The smallest absolute Gasteiger partial charge is 0.273 e. The molecular formula is C13H19N3O2S. The Morgan fingerprint density at radius 3 is 2.79 bits per heavy atom. The van der Waals surface area contributed by atoms with Gasteiger partial charge in [0.05, 0.1) is 10.9 Å². The Bertz CT molecular complexity index is 472.